The SMILES string of the molecule is CCCNC1CCC(S(=O)CC(=O)NC(C)C)C1. The van der Waals surface area contributed by atoms with E-state index in [-0.39, 0.29) is 23.0 Å². The van der Waals surface area contributed by atoms with E-state index in [0.717, 1.165) is 32.2 Å². The normalized spacial score (nSPS) is 25.3. The predicted molar refractivity (Wildman–Crippen MR) is 76.0 cm³/mol. The van der Waals surface area contributed by atoms with Gasteiger partial charge < -0.3 is 10.6 Å². The van der Waals surface area contributed by atoms with Crippen molar-refractivity contribution in [2.45, 2.75) is 63.8 Å². The molecule has 0 aliphatic heterocycles. The second-order valence-corrected chi connectivity index (χ2v) is 7.05. The number of amides is 1. The summed E-state index contributed by atoms with van der Waals surface area (Å²) in [5.74, 6) is 0.0666. The third-order valence-corrected chi connectivity index (χ3v) is 4.88. The Morgan fingerprint density at radius 2 is 2.11 bits per heavy atom. The fourth-order valence-corrected chi connectivity index (χ4v) is 3.75. The highest BCUT2D eigenvalue weighted by Crippen LogP contribution is 2.23. The van der Waals surface area contributed by atoms with Gasteiger partial charge in [-0.25, -0.2) is 0 Å². The van der Waals surface area contributed by atoms with Crippen LogP contribution in [0.1, 0.15) is 46.5 Å². The van der Waals surface area contributed by atoms with Crippen LogP contribution in [0, 0.1) is 0 Å². The lowest BCUT2D eigenvalue weighted by Crippen LogP contribution is -2.35. The van der Waals surface area contributed by atoms with Crippen LogP contribution < -0.4 is 10.6 Å². The maximum absolute atomic E-state index is 12.1. The van der Waals surface area contributed by atoms with Gasteiger partial charge in [-0.15, -0.1) is 0 Å². The van der Waals surface area contributed by atoms with Gasteiger partial charge in [0.25, 0.3) is 0 Å². The van der Waals surface area contributed by atoms with Crippen LogP contribution >= 0.6 is 0 Å². The molecule has 1 fully saturated rings. The van der Waals surface area contributed by atoms with Crippen LogP contribution in [-0.4, -0.2) is 39.7 Å². The first-order valence-corrected chi connectivity index (χ1v) is 8.31. The number of hydrogen-bond donors (Lipinski definition) is 2. The van der Waals surface area contributed by atoms with Crippen LogP contribution in [0.4, 0.5) is 0 Å². The first-order chi connectivity index (χ1) is 8.52. The zero-order chi connectivity index (χ0) is 13.5. The lowest BCUT2D eigenvalue weighted by Gasteiger charge is -2.13. The van der Waals surface area contributed by atoms with E-state index in [4.69, 9.17) is 0 Å². The van der Waals surface area contributed by atoms with Crippen LogP contribution in [0.15, 0.2) is 0 Å². The van der Waals surface area contributed by atoms with Crippen molar-refractivity contribution in [1.82, 2.24) is 10.6 Å². The Morgan fingerprint density at radius 1 is 1.39 bits per heavy atom. The standard InChI is InChI=1S/C13H26N2O2S/c1-4-7-14-11-5-6-12(8-11)18(17)9-13(16)15-10(2)3/h10-12,14H,4-9H2,1-3H3,(H,15,16). The van der Waals surface area contributed by atoms with Gasteiger partial charge in [0.2, 0.25) is 5.91 Å². The number of rotatable bonds is 7. The van der Waals surface area contributed by atoms with E-state index in [1.54, 1.807) is 0 Å². The van der Waals surface area contributed by atoms with Crippen molar-refractivity contribution in [2.75, 3.05) is 12.3 Å². The third kappa shape index (κ3) is 5.48. The first kappa shape index (κ1) is 15.6. The largest absolute Gasteiger partial charge is 0.353 e. The van der Waals surface area contributed by atoms with E-state index in [0.29, 0.717) is 6.04 Å². The second-order valence-electron chi connectivity index (χ2n) is 5.33. The lowest BCUT2D eigenvalue weighted by molar-refractivity contribution is -0.119. The average molecular weight is 274 g/mol. The van der Waals surface area contributed by atoms with Gasteiger partial charge in [-0.3, -0.25) is 9.00 Å². The summed E-state index contributed by atoms with van der Waals surface area (Å²) in [7, 11) is -1.02. The van der Waals surface area contributed by atoms with Gasteiger partial charge in [-0.2, -0.15) is 0 Å². The summed E-state index contributed by atoms with van der Waals surface area (Å²) in [6.07, 6.45) is 4.13. The zero-order valence-corrected chi connectivity index (χ0v) is 12.5. The van der Waals surface area contributed by atoms with Crippen LogP contribution in [-0.2, 0) is 15.6 Å². The molecule has 0 aromatic rings. The van der Waals surface area contributed by atoms with Gasteiger partial charge in [0.15, 0.2) is 0 Å². The van der Waals surface area contributed by atoms with Gasteiger partial charge in [-0.1, -0.05) is 6.92 Å². The Labute approximate surface area is 113 Å². The van der Waals surface area contributed by atoms with Crippen molar-refractivity contribution in [2.24, 2.45) is 0 Å². The van der Waals surface area contributed by atoms with Gasteiger partial charge in [0.1, 0.15) is 5.75 Å². The number of carbonyl (C=O) groups is 1. The molecule has 1 saturated carbocycles. The van der Waals surface area contributed by atoms with E-state index in [2.05, 4.69) is 17.6 Å². The topological polar surface area (TPSA) is 58.2 Å². The number of nitrogens with one attached hydrogen (secondary N) is 2. The van der Waals surface area contributed by atoms with E-state index in [9.17, 15) is 9.00 Å². The number of hydrogen-bond acceptors (Lipinski definition) is 3. The Kier molecular flexibility index (Phi) is 6.86. The van der Waals surface area contributed by atoms with Crippen molar-refractivity contribution in [3.05, 3.63) is 0 Å². The van der Waals surface area contributed by atoms with Crippen molar-refractivity contribution in [3.63, 3.8) is 0 Å². The van der Waals surface area contributed by atoms with Gasteiger partial charge >= 0.3 is 0 Å². The summed E-state index contributed by atoms with van der Waals surface area (Å²) in [6.45, 7) is 7.01. The molecule has 3 atom stereocenters. The molecular weight excluding hydrogens is 248 g/mol. The first-order valence-electron chi connectivity index (χ1n) is 6.92. The molecule has 0 spiro atoms. The molecule has 1 rings (SSSR count). The summed E-state index contributed by atoms with van der Waals surface area (Å²) in [4.78, 5) is 11.6. The third-order valence-electron chi connectivity index (χ3n) is 3.16. The molecule has 4 nitrogen and oxygen atoms in total. The minimum atomic E-state index is -1.02. The summed E-state index contributed by atoms with van der Waals surface area (Å²) in [5, 5.41) is 6.45. The Morgan fingerprint density at radius 3 is 2.72 bits per heavy atom. The zero-order valence-electron chi connectivity index (χ0n) is 11.7. The highest BCUT2D eigenvalue weighted by molar-refractivity contribution is 7.86. The molecule has 0 aromatic heterocycles. The lowest BCUT2D eigenvalue weighted by atomic mass is 10.2. The maximum Gasteiger partial charge on any atom is 0.232 e. The molecule has 0 heterocycles. The summed E-state index contributed by atoms with van der Waals surface area (Å²) >= 11 is 0. The fourth-order valence-electron chi connectivity index (χ4n) is 2.32. The second kappa shape index (κ2) is 7.89. The molecule has 1 aliphatic rings. The van der Waals surface area contributed by atoms with Crippen LogP contribution in [0.3, 0.4) is 0 Å². The molecule has 0 aromatic carbocycles. The summed E-state index contributed by atoms with van der Waals surface area (Å²) in [6, 6.07) is 0.615. The van der Waals surface area contributed by atoms with Crippen molar-refractivity contribution in [1.29, 1.82) is 0 Å². The van der Waals surface area contributed by atoms with Crippen molar-refractivity contribution >= 4 is 16.7 Å². The molecule has 18 heavy (non-hydrogen) atoms. The molecule has 1 aliphatic carbocycles. The van der Waals surface area contributed by atoms with E-state index in [1.807, 2.05) is 13.8 Å². The van der Waals surface area contributed by atoms with Gasteiger partial charge in [-0.05, 0) is 46.1 Å². The Balaban J connectivity index is 2.29. The van der Waals surface area contributed by atoms with Gasteiger partial charge in [0.05, 0.1) is 0 Å². The minimum absolute atomic E-state index is 0.0895. The molecule has 5 heteroatoms. The Hall–Kier alpha value is -0.420. The van der Waals surface area contributed by atoms with Crippen LogP contribution in [0.5, 0.6) is 0 Å². The van der Waals surface area contributed by atoms with E-state index < -0.39 is 10.8 Å². The molecule has 0 bridgehead atoms. The predicted octanol–water partition coefficient (Wildman–Crippen LogP) is 1.18. The quantitative estimate of drug-likeness (QED) is 0.733. The highest BCUT2D eigenvalue weighted by atomic mass is 32.2. The van der Waals surface area contributed by atoms with E-state index in [1.165, 1.54) is 0 Å². The maximum atomic E-state index is 12.1. The molecule has 1 amide bonds. The molecule has 0 saturated heterocycles. The van der Waals surface area contributed by atoms with Gasteiger partial charge in [0, 0.05) is 28.1 Å². The molecular formula is C13H26N2O2S. The summed E-state index contributed by atoms with van der Waals surface area (Å²) < 4.78 is 12.1. The van der Waals surface area contributed by atoms with Crippen molar-refractivity contribution < 1.29 is 9.00 Å². The molecule has 3 unspecified atom stereocenters. The Bertz CT molecular complexity index is 295. The minimum Gasteiger partial charge on any atom is -0.353 e. The van der Waals surface area contributed by atoms with Crippen LogP contribution in [0.2, 0.25) is 0 Å². The molecule has 0 radical (unpaired) electrons. The fraction of sp³-hybridized carbons (Fsp3) is 0.923. The molecule has 106 valence electrons. The number of carbonyl (C=O) groups excluding carboxylic acids is 1. The van der Waals surface area contributed by atoms with Crippen molar-refractivity contribution in [3.8, 4) is 0 Å². The smallest absolute Gasteiger partial charge is 0.232 e. The highest BCUT2D eigenvalue weighted by Gasteiger charge is 2.29. The summed E-state index contributed by atoms with van der Waals surface area (Å²) in [5.41, 5.74) is 0. The molecule has 2 N–H and O–H groups in total. The van der Waals surface area contributed by atoms with Crippen LogP contribution in [0.25, 0.3) is 0 Å². The monoisotopic (exact) mass is 274 g/mol. The van der Waals surface area contributed by atoms with E-state index >= 15 is 0 Å². The average Bonchev–Trinajstić information content (AvgIpc) is 2.73.